The van der Waals surface area contributed by atoms with Crippen LogP contribution in [0.15, 0.2) is 88.9 Å². The first kappa shape index (κ1) is 25.4. The van der Waals surface area contributed by atoms with Crippen LogP contribution in [-0.2, 0) is 19.6 Å². The fourth-order valence-electron chi connectivity index (χ4n) is 3.04. The van der Waals surface area contributed by atoms with E-state index in [4.69, 9.17) is 0 Å². The number of amides is 2. The van der Waals surface area contributed by atoms with Gasteiger partial charge in [0.15, 0.2) is 0 Å². The van der Waals surface area contributed by atoms with E-state index in [0.29, 0.717) is 22.6 Å². The average molecular weight is 590 g/mol. The fourth-order valence-corrected chi connectivity index (χ4v) is 4.85. The normalized spacial score (nSPS) is 11.6. The van der Waals surface area contributed by atoms with Crippen molar-refractivity contribution < 1.29 is 18.0 Å². The smallest absolute Gasteiger partial charge is 0.264 e. The second-order valence-electron chi connectivity index (χ2n) is 7.30. The highest BCUT2D eigenvalue weighted by Gasteiger charge is 2.27. The first-order chi connectivity index (χ1) is 16.2. The molecular formula is C24H23IN4O4S. The predicted octanol–water partition coefficient (Wildman–Crippen LogP) is 3.99. The number of benzene rings is 3. The van der Waals surface area contributed by atoms with Crippen LogP contribution in [0.4, 0.5) is 11.4 Å². The molecule has 3 aromatic carbocycles. The summed E-state index contributed by atoms with van der Waals surface area (Å²) >= 11 is 2.12. The predicted molar refractivity (Wildman–Crippen MR) is 141 cm³/mol. The molecule has 8 nitrogen and oxygen atoms in total. The summed E-state index contributed by atoms with van der Waals surface area (Å²) in [6, 6.07) is 21.8. The monoisotopic (exact) mass is 590 g/mol. The van der Waals surface area contributed by atoms with Crippen molar-refractivity contribution in [1.82, 2.24) is 5.43 Å². The van der Waals surface area contributed by atoms with E-state index in [9.17, 15) is 18.0 Å². The van der Waals surface area contributed by atoms with E-state index in [2.05, 4.69) is 38.4 Å². The van der Waals surface area contributed by atoms with Crippen molar-refractivity contribution >= 4 is 61.5 Å². The molecule has 0 radical (unpaired) electrons. The molecule has 176 valence electrons. The van der Waals surface area contributed by atoms with E-state index in [0.717, 1.165) is 7.88 Å². The van der Waals surface area contributed by atoms with Crippen molar-refractivity contribution in [2.24, 2.45) is 5.10 Å². The second-order valence-corrected chi connectivity index (χ2v) is 10.4. The van der Waals surface area contributed by atoms with Gasteiger partial charge in [0.05, 0.1) is 16.3 Å². The van der Waals surface area contributed by atoms with E-state index in [1.54, 1.807) is 73.7 Å². The maximum absolute atomic E-state index is 13.3. The molecule has 10 heteroatoms. The third-order valence-corrected chi connectivity index (χ3v) is 7.19. The number of hydrazone groups is 1. The summed E-state index contributed by atoms with van der Waals surface area (Å²) in [7, 11) is -3.99. The summed E-state index contributed by atoms with van der Waals surface area (Å²) in [6.45, 7) is 2.65. The zero-order valence-corrected chi connectivity index (χ0v) is 21.5. The Morgan fingerprint density at radius 2 is 1.62 bits per heavy atom. The lowest BCUT2D eigenvalue weighted by Crippen LogP contribution is -2.39. The number of hydrogen-bond acceptors (Lipinski definition) is 5. The Labute approximate surface area is 212 Å². The molecule has 0 saturated heterocycles. The molecule has 0 spiro atoms. The van der Waals surface area contributed by atoms with Crippen LogP contribution in [0.3, 0.4) is 0 Å². The van der Waals surface area contributed by atoms with Crippen LogP contribution >= 0.6 is 22.6 Å². The van der Waals surface area contributed by atoms with Gasteiger partial charge in [-0.1, -0.05) is 30.3 Å². The zero-order valence-electron chi connectivity index (χ0n) is 18.5. The van der Waals surface area contributed by atoms with Gasteiger partial charge < -0.3 is 5.32 Å². The van der Waals surface area contributed by atoms with Crippen LogP contribution in [0.1, 0.15) is 19.4 Å². The van der Waals surface area contributed by atoms with Crippen LogP contribution in [0.25, 0.3) is 0 Å². The Morgan fingerprint density at radius 1 is 0.941 bits per heavy atom. The van der Waals surface area contributed by atoms with Crippen molar-refractivity contribution in [2.45, 2.75) is 18.7 Å². The highest BCUT2D eigenvalue weighted by Crippen LogP contribution is 2.24. The van der Waals surface area contributed by atoms with Gasteiger partial charge in [-0.25, -0.2) is 13.8 Å². The van der Waals surface area contributed by atoms with E-state index < -0.39 is 22.5 Å². The number of hydrogen-bond donors (Lipinski definition) is 2. The lowest BCUT2D eigenvalue weighted by Gasteiger charge is -2.23. The van der Waals surface area contributed by atoms with Gasteiger partial charge in [0.2, 0.25) is 5.91 Å². The molecule has 0 unspecified atom stereocenters. The molecular weight excluding hydrogens is 567 g/mol. The molecule has 0 fully saturated rings. The first-order valence-corrected chi connectivity index (χ1v) is 12.7. The van der Waals surface area contributed by atoms with Crippen LogP contribution in [0.2, 0.25) is 0 Å². The number of halogens is 1. The Morgan fingerprint density at radius 3 is 2.26 bits per heavy atom. The third kappa shape index (κ3) is 6.64. The molecule has 0 aliphatic carbocycles. The number of nitrogens with one attached hydrogen (secondary N) is 2. The number of carbonyl (C=O) groups excluding carboxylic acids is 2. The number of carbonyl (C=O) groups is 2. The SMILES string of the molecule is CC(=O)Nc1cccc(/C(C)=N\NC(=O)CN(c2ccc(I)cc2)S(=O)(=O)c2ccccc2)c1. The van der Waals surface area contributed by atoms with Gasteiger partial charge in [0.25, 0.3) is 15.9 Å². The van der Waals surface area contributed by atoms with Gasteiger partial charge >= 0.3 is 0 Å². The number of rotatable bonds is 8. The first-order valence-electron chi connectivity index (χ1n) is 10.2. The average Bonchev–Trinajstić information content (AvgIpc) is 2.82. The van der Waals surface area contributed by atoms with E-state index >= 15 is 0 Å². The summed E-state index contributed by atoms with van der Waals surface area (Å²) < 4.78 is 28.6. The molecule has 0 aliphatic heterocycles. The van der Waals surface area contributed by atoms with Crippen molar-refractivity contribution in [1.29, 1.82) is 0 Å². The minimum Gasteiger partial charge on any atom is -0.326 e. The molecule has 0 heterocycles. The largest absolute Gasteiger partial charge is 0.326 e. The quantitative estimate of drug-likeness (QED) is 0.235. The Balaban J connectivity index is 1.82. The molecule has 0 atom stereocenters. The number of anilines is 2. The standard InChI is InChI=1S/C24H23IN4O4S/c1-17(19-7-6-8-21(15-19)26-18(2)30)27-28-24(31)16-29(22-13-11-20(25)12-14-22)34(32,33)23-9-4-3-5-10-23/h3-15H,16H2,1-2H3,(H,26,30)(H,28,31)/b27-17-. The van der Waals surface area contributed by atoms with Gasteiger partial charge in [-0.15, -0.1) is 0 Å². The Hall–Kier alpha value is -3.25. The van der Waals surface area contributed by atoms with Gasteiger partial charge in [-0.2, -0.15) is 5.10 Å². The van der Waals surface area contributed by atoms with Crippen LogP contribution < -0.4 is 15.0 Å². The maximum Gasteiger partial charge on any atom is 0.264 e. The summed E-state index contributed by atoms with van der Waals surface area (Å²) in [5, 5.41) is 6.80. The lowest BCUT2D eigenvalue weighted by molar-refractivity contribution is -0.119. The zero-order chi connectivity index (χ0) is 24.7. The number of nitrogens with zero attached hydrogens (tertiary/aromatic N) is 2. The fraction of sp³-hybridized carbons (Fsp3) is 0.125. The van der Waals surface area contributed by atoms with Crippen molar-refractivity contribution in [3.8, 4) is 0 Å². The third-order valence-electron chi connectivity index (χ3n) is 4.68. The van der Waals surface area contributed by atoms with Gasteiger partial charge in [0, 0.05) is 16.2 Å². The van der Waals surface area contributed by atoms with Crippen molar-refractivity contribution in [2.75, 3.05) is 16.2 Å². The van der Waals surface area contributed by atoms with Crippen LogP contribution in [0, 0.1) is 3.57 Å². The molecule has 2 amide bonds. The van der Waals surface area contributed by atoms with Crippen molar-refractivity contribution in [3.05, 3.63) is 88.0 Å². The topological polar surface area (TPSA) is 108 Å². The molecule has 34 heavy (non-hydrogen) atoms. The molecule has 0 aliphatic rings. The Bertz CT molecular complexity index is 1310. The Kier molecular flexibility index (Phi) is 8.40. The van der Waals surface area contributed by atoms with E-state index in [1.165, 1.54) is 19.1 Å². The van der Waals surface area contributed by atoms with E-state index in [-0.39, 0.29) is 10.8 Å². The van der Waals surface area contributed by atoms with Gasteiger partial charge in [-0.05, 0) is 83.6 Å². The van der Waals surface area contributed by atoms with Crippen molar-refractivity contribution in [3.63, 3.8) is 0 Å². The van der Waals surface area contributed by atoms with Gasteiger partial charge in [0.1, 0.15) is 6.54 Å². The maximum atomic E-state index is 13.3. The lowest BCUT2D eigenvalue weighted by atomic mass is 10.1. The second kappa shape index (κ2) is 11.3. The molecule has 0 saturated carbocycles. The highest BCUT2D eigenvalue weighted by molar-refractivity contribution is 14.1. The highest BCUT2D eigenvalue weighted by atomic mass is 127. The van der Waals surface area contributed by atoms with Crippen LogP contribution in [-0.4, -0.2) is 32.5 Å². The molecule has 3 rings (SSSR count). The van der Waals surface area contributed by atoms with Gasteiger partial charge in [-0.3, -0.25) is 13.9 Å². The van der Waals surface area contributed by atoms with E-state index in [1.807, 2.05) is 0 Å². The molecule has 3 aromatic rings. The summed E-state index contributed by atoms with van der Waals surface area (Å²) in [5.41, 5.74) is 4.58. The summed E-state index contributed by atoms with van der Waals surface area (Å²) in [6.07, 6.45) is 0. The molecule has 2 N–H and O–H groups in total. The minimum absolute atomic E-state index is 0.0795. The number of sulfonamides is 1. The molecule has 0 aromatic heterocycles. The summed E-state index contributed by atoms with van der Waals surface area (Å²) in [4.78, 5) is 24.1. The van der Waals surface area contributed by atoms with Crippen LogP contribution in [0.5, 0.6) is 0 Å². The minimum atomic E-state index is -3.99. The summed E-state index contributed by atoms with van der Waals surface area (Å²) in [5.74, 6) is -0.800. The molecule has 0 bridgehead atoms.